The lowest BCUT2D eigenvalue weighted by Gasteiger charge is -2.41. The molecule has 0 aliphatic heterocycles. The van der Waals surface area contributed by atoms with Crippen molar-refractivity contribution in [3.63, 3.8) is 0 Å². The molecule has 0 nitrogen and oxygen atoms in total. The van der Waals surface area contributed by atoms with Gasteiger partial charge in [-0.1, -0.05) is 66.2 Å². The third-order valence-electron chi connectivity index (χ3n) is 7.80. The van der Waals surface area contributed by atoms with Crippen LogP contribution in [0, 0.1) is 35.5 Å². The first-order chi connectivity index (χ1) is 11.8. The van der Waals surface area contributed by atoms with Gasteiger partial charge in [0.25, 0.3) is 0 Å². The Morgan fingerprint density at radius 1 is 0.542 bits per heavy atom. The van der Waals surface area contributed by atoms with Crippen molar-refractivity contribution < 1.29 is 0 Å². The van der Waals surface area contributed by atoms with Crippen LogP contribution in [-0.2, 0) is 0 Å². The van der Waals surface area contributed by atoms with Gasteiger partial charge >= 0.3 is 0 Å². The summed E-state index contributed by atoms with van der Waals surface area (Å²) in [5.41, 5.74) is 0. The van der Waals surface area contributed by atoms with E-state index in [1.807, 2.05) is 13.8 Å². The predicted molar refractivity (Wildman–Crippen MR) is 108 cm³/mol. The van der Waals surface area contributed by atoms with Crippen LogP contribution in [0.2, 0.25) is 0 Å². The fourth-order valence-corrected chi connectivity index (χ4v) is 6.20. The van der Waals surface area contributed by atoms with E-state index >= 15 is 0 Å². The van der Waals surface area contributed by atoms with E-state index < -0.39 is 0 Å². The van der Waals surface area contributed by atoms with Crippen LogP contribution in [0.3, 0.4) is 0 Å². The minimum atomic E-state index is 1.02. The molecule has 24 heavy (non-hydrogen) atoms. The molecule has 0 N–H and O–H groups in total. The lowest BCUT2D eigenvalue weighted by Crippen LogP contribution is -2.29. The highest BCUT2D eigenvalue weighted by Crippen LogP contribution is 2.46. The summed E-state index contributed by atoms with van der Waals surface area (Å²) in [5.74, 6) is 6.55. The zero-order valence-electron chi connectivity index (χ0n) is 17.4. The molecule has 0 saturated heterocycles. The van der Waals surface area contributed by atoms with Gasteiger partial charge in [0.15, 0.2) is 0 Å². The Morgan fingerprint density at radius 2 is 0.875 bits per heavy atom. The fourth-order valence-electron chi connectivity index (χ4n) is 6.20. The third-order valence-corrected chi connectivity index (χ3v) is 7.80. The summed E-state index contributed by atoms with van der Waals surface area (Å²) in [6, 6.07) is 0. The van der Waals surface area contributed by atoms with Crippen molar-refractivity contribution in [2.75, 3.05) is 0 Å². The second kappa shape index (κ2) is 10.9. The van der Waals surface area contributed by atoms with Crippen molar-refractivity contribution in [1.29, 1.82) is 0 Å². The average molecular weight is 335 g/mol. The molecule has 0 amide bonds. The summed E-state index contributed by atoms with van der Waals surface area (Å²) in [5, 5.41) is 0. The van der Waals surface area contributed by atoms with Crippen molar-refractivity contribution in [2.45, 2.75) is 118 Å². The van der Waals surface area contributed by atoms with E-state index in [2.05, 4.69) is 13.8 Å². The lowest BCUT2D eigenvalue weighted by atomic mass is 9.65. The van der Waals surface area contributed by atoms with Crippen LogP contribution in [0.1, 0.15) is 118 Å². The summed E-state index contributed by atoms with van der Waals surface area (Å²) in [7, 11) is 0. The van der Waals surface area contributed by atoms with E-state index in [9.17, 15) is 0 Å². The van der Waals surface area contributed by atoms with Gasteiger partial charge < -0.3 is 0 Å². The van der Waals surface area contributed by atoms with Crippen LogP contribution in [0.15, 0.2) is 0 Å². The van der Waals surface area contributed by atoms with E-state index in [0.29, 0.717) is 0 Å². The maximum atomic E-state index is 2.46. The van der Waals surface area contributed by atoms with Gasteiger partial charge in [-0.25, -0.2) is 0 Å². The standard InChI is InChI=1S/C22H40.C2H6/c1-3-4-18-7-11-20(12-8-18)22-15-13-21(14-16-22)19-9-5-17(2)6-10-19;1-2/h17-22H,3-16H2,1-2H3;1-2H3. The van der Waals surface area contributed by atoms with Crippen LogP contribution in [0.5, 0.6) is 0 Å². The van der Waals surface area contributed by atoms with Crippen molar-refractivity contribution in [3.05, 3.63) is 0 Å². The van der Waals surface area contributed by atoms with Crippen molar-refractivity contribution >= 4 is 0 Å². The minimum Gasteiger partial charge on any atom is -0.0683 e. The SMILES string of the molecule is CC.CCCC1CCC(C2CCC(C3CCC(C)CC3)CC2)CC1. The van der Waals surface area contributed by atoms with Crippen LogP contribution in [-0.4, -0.2) is 0 Å². The van der Waals surface area contributed by atoms with Crippen LogP contribution >= 0.6 is 0 Å². The summed E-state index contributed by atoms with van der Waals surface area (Å²) < 4.78 is 0. The van der Waals surface area contributed by atoms with E-state index in [-0.39, 0.29) is 0 Å². The molecule has 3 aliphatic carbocycles. The molecule has 0 heteroatoms. The Balaban J connectivity index is 0.00000100. The Labute approximate surface area is 153 Å². The topological polar surface area (TPSA) is 0 Å². The first-order valence-electron chi connectivity index (χ1n) is 11.8. The lowest BCUT2D eigenvalue weighted by molar-refractivity contribution is 0.105. The Hall–Kier alpha value is 0. The molecule has 0 atom stereocenters. The van der Waals surface area contributed by atoms with Crippen molar-refractivity contribution in [3.8, 4) is 0 Å². The highest BCUT2D eigenvalue weighted by Gasteiger charge is 2.34. The Kier molecular flexibility index (Phi) is 9.20. The zero-order valence-corrected chi connectivity index (χ0v) is 17.4. The normalized spacial score (nSPS) is 40.5. The molecule has 3 fully saturated rings. The smallest absolute Gasteiger partial charge is 0.0386 e. The van der Waals surface area contributed by atoms with Gasteiger partial charge in [0.2, 0.25) is 0 Å². The predicted octanol–water partition coefficient (Wildman–Crippen LogP) is 8.25. The first kappa shape index (κ1) is 20.3. The molecule has 3 rings (SSSR count). The van der Waals surface area contributed by atoms with Gasteiger partial charge in [-0.2, -0.15) is 0 Å². The Bertz CT molecular complexity index is 296. The Morgan fingerprint density at radius 3 is 1.25 bits per heavy atom. The largest absolute Gasteiger partial charge is 0.0683 e. The van der Waals surface area contributed by atoms with Gasteiger partial charge in [0.05, 0.1) is 0 Å². The molecule has 0 unspecified atom stereocenters. The van der Waals surface area contributed by atoms with Crippen molar-refractivity contribution in [1.82, 2.24) is 0 Å². The minimum absolute atomic E-state index is 1.02. The quantitative estimate of drug-likeness (QED) is 0.485. The summed E-state index contributed by atoms with van der Waals surface area (Å²) >= 11 is 0. The van der Waals surface area contributed by atoms with Gasteiger partial charge in [-0.05, 0) is 86.9 Å². The second-order valence-corrected chi connectivity index (χ2v) is 9.26. The molecule has 0 bridgehead atoms. The molecular weight excluding hydrogens is 288 g/mol. The number of hydrogen-bond acceptors (Lipinski definition) is 0. The molecule has 0 aromatic rings. The summed E-state index contributed by atoms with van der Waals surface area (Å²) in [4.78, 5) is 0. The summed E-state index contributed by atoms with van der Waals surface area (Å²) in [6.45, 7) is 8.82. The highest BCUT2D eigenvalue weighted by atomic mass is 14.4. The molecule has 142 valence electrons. The maximum absolute atomic E-state index is 2.46. The summed E-state index contributed by atoms with van der Waals surface area (Å²) in [6.07, 6.45) is 21.6. The molecule has 3 aliphatic rings. The second-order valence-electron chi connectivity index (χ2n) is 9.26. The van der Waals surface area contributed by atoms with Gasteiger partial charge in [0.1, 0.15) is 0 Å². The van der Waals surface area contributed by atoms with Crippen LogP contribution < -0.4 is 0 Å². The number of rotatable bonds is 4. The molecule has 0 heterocycles. The van der Waals surface area contributed by atoms with E-state index in [1.165, 1.54) is 25.7 Å². The van der Waals surface area contributed by atoms with E-state index in [0.717, 1.165) is 35.5 Å². The van der Waals surface area contributed by atoms with Gasteiger partial charge in [-0.3, -0.25) is 0 Å². The number of hydrogen-bond donors (Lipinski definition) is 0. The van der Waals surface area contributed by atoms with Crippen molar-refractivity contribution in [2.24, 2.45) is 35.5 Å². The van der Waals surface area contributed by atoms with Gasteiger partial charge in [-0.15, -0.1) is 0 Å². The van der Waals surface area contributed by atoms with E-state index in [4.69, 9.17) is 0 Å². The van der Waals surface area contributed by atoms with Gasteiger partial charge in [0, 0.05) is 0 Å². The molecular formula is C24H46. The monoisotopic (exact) mass is 334 g/mol. The maximum Gasteiger partial charge on any atom is -0.0386 e. The molecule has 0 aromatic carbocycles. The molecule has 3 saturated carbocycles. The molecule has 0 aromatic heterocycles. The van der Waals surface area contributed by atoms with Crippen LogP contribution in [0.4, 0.5) is 0 Å². The molecule has 0 spiro atoms. The zero-order chi connectivity index (χ0) is 17.4. The first-order valence-corrected chi connectivity index (χ1v) is 11.8. The highest BCUT2D eigenvalue weighted by molar-refractivity contribution is 4.85. The van der Waals surface area contributed by atoms with Crippen LogP contribution in [0.25, 0.3) is 0 Å². The average Bonchev–Trinajstić information content (AvgIpc) is 2.65. The third kappa shape index (κ3) is 5.77. The molecule has 0 radical (unpaired) electrons. The van der Waals surface area contributed by atoms with E-state index in [1.54, 1.807) is 64.2 Å². The fraction of sp³-hybridized carbons (Fsp3) is 1.00.